The molecule has 0 aromatic heterocycles. The van der Waals surface area contributed by atoms with Gasteiger partial charge in [0.2, 0.25) is 15.9 Å². The van der Waals surface area contributed by atoms with Crippen LogP contribution in [0.1, 0.15) is 19.3 Å². The Morgan fingerprint density at radius 3 is 2.61 bits per heavy atom. The second-order valence-corrected chi connectivity index (χ2v) is 7.84. The highest BCUT2D eigenvalue weighted by atomic mass is 35.5. The molecule has 2 rings (SSSR count). The van der Waals surface area contributed by atoms with Gasteiger partial charge in [-0.05, 0) is 25.0 Å². The molecule has 0 radical (unpaired) electrons. The molecule has 3 N–H and O–H groups in total. The Morgan fingerprint density at radius 1 is 1.35 bits per heavy atom. The summed E-state index contributed by atoms with van der Waals surface area (Å²) in [5.41, 5.74) is 5.63. The van der Waals surface area contributed by atoms with E-state index in [2.05, 4.69) is 4.72 Å². The molecule has 1 aromatic rings. The van der Waals surface area contributed by atoms with Gasteiger partial charge >= 0.3 is 0 Å². The number of rotatable bonds is 6. The van der Waals surface area contributed by atoms with Gasteiger partial charge in [0.25, 0.3) is 0 Å². The zero-order valence-electron chi connectivity index (χ0n) is 12.5. The molecule has 1 aromatic carbocycles. The van der Waals surface area contributed by atoms with Gasteiger partial charge in [0.05, 0.1) is 10.0 Å². The van der Waals surface area contributed by atoms with E-state index in [0.717, 1.165) is 12.8 Å². The minimum absolute atomic E-state index is 0.0174. The normalized spacial score (nSPS) is 18.4. The number of benzene rings is 1. The van der Waals surface area contributed by atoms with Crippen LogP contribution in [-0.4, -0.2) is 44.9 Å². The fourth-order valence-corrected chi connectivity index (χ4v) is 4.83. The molecule has 23 heavy (non-hydrogen) atoms. The maximum atomic E-state index is 12.3. The van der Waals surface area contributed by atoms with Gasteiger partial charge in [-0.15, -0.1) is 0 Å². The van der Waals surface area contributed by atoms with Crippen LogP contribution in [-0.2, 0) is 14.8 Å². The van der Waals surface area contributed by atoms with Crippen molar-refractivity contribution in [3.05, 3.63) is 28.2 Å². The van der Waals surface area contributed by atoms with Crippen LogP contribution < -0.4 is 10.5 Å². The largest absolute Gasteiger partial charge is 0.338 e. The smallest absolute Gasteiger partial charge is 0.243 e. The van der Waals surface area contributed by atoms with Crippen molar-refractivity contribution in [1.29, 1.82) is 0 Å². The SMILES string of the molecule is NCC1CCCN1C(=O)CCNS(=O)(=O)c1c(Cl)cccc1Cl. The van der Waals surface area contributed by atoms with Crippen molar-refractivity contribution in [3.63, 3.8) is 0 Å². The minimum atomic E-state index is -3.87. The molecule has 1 fully saturated rings. The van der Waals surface area contributed by atoms with Crippen LogP contribution in [0.15, 0.2) is 23.1 Å². The van der Waals surface area contributed by atoms with E-state index in [1.807, 2.05) is 0 Å². The number of nitrogens with one attached hydrogen (secondary N) is 1. The molecular weight excluding hydrogens is 361 g/mol. The highest BCUT2D eigenvalue weighted by Crippen LogP contribution is 2.28. The van der Waals surface area contributed by atoms with E-state index >= 15 is 0 Å². The lowest BCUT2D eigenvalue weighted by Crippen LogP contribution is -2.41. The number of nitrogens with zero attached hydrogens (tertiary/aromatic N) is 1. The lowest BCUT2D eigenvalue weighted by atomic mass is 10.2. The third-order valence-electron chi connectivity index (χ3n) is 3.79. The molecule has 0 spiro atoms. The van der Waals surface area contributed by atoms with Gasteiger partial charge < -0.3 is 10.6 Å². The van der Waals surface area contributed by atoms with Gasteiger partial charge in [-0.2, -0.15) is 0 Å². The number of likely N-dealkylation sites (tertiary alicyclic amines) is 1. The number of hydrogen-bond acceptors (Lipinski definition) is 4. The fraction of sp³-hybridized carbons (Fsp3) is 0.500. The quantitative estimate of drug-likeness (QED) is 0.784. The summed E-state index contributed by atoms with van der Waals surface area (Å²) in [5.74, 6) is -0.106. The number of sulfonamides is 1. The molecule has 1 aliphatic rings. The van der Waals surface area contributed by atoms with Gasteiger partial charge in [-0.25, -0.2) is 13.1 Å². The maximum Gasteiger partial charge on any atom is 0.243 e. The molecule has 0 bridgehead atoms. The zero-order valence-corrected chi connectivity index (χ0v) is 14.8. The molecule has 0 aliphatic carbocycles. The van der Waals surface area contributed by atoms with Crippen molar-refractivity contribution >= 4 is 39.1 Å². The van der Waals surface area contributed by atoms with Crippen molar-refractivity contribution in [2.24, 2.45) is 5.73 Å². The summed E-state index contributed by atoms with van der Waals surface area (Å²) in [6.07, 6.45) is 1.88. The van der Waals surface area contributed by atoms with Crippen LogP contribution in [0.2, 0.25) is 10.0 Å². The van der Waals surface area contributed by atoms with Crippen LogP contribution >= 0.6 is 23.2 Å². The molecule has 1 amide bonds. The second kappa shape index (κ2) is 7.81. The molecule has 128 valence electrons. The van der Waals surface area contributed by atoms with Crippen LogP contribution in [0.3, 0.4) is 0 Å². The van der Waals surface area contributed by atoms with Crippen LogP contribution in [0.4, 0.5) is 0 Å². The number of carbonyl (C=O) groups is 1. The van der Waals surface area contributed by atoms with Gasteiger partial charge in [0.15, 0.2) is 0 Å². The Labute approximate surface area is 146 Å². The number of carbonyl (C=O) groups excluding carboxylic acids is 1. The first-order chi connectivity index (χ1) is 10.9. The molecule has 0 saturated carbocycles. The third-order valence-corrected chi connectivity index (χ3v) is 6.20. The molecule has 9 heteroatoms. The monoisotopic (exact) mass is 379 g/mol. The first kappa shape index (κ1) is 18.5. The molecule has 6 nitrogen and oxygen atoms in total. The van der Waals surface area contributed by atoms with Gasteiger partial charge in [-0.1, -0.05) is 29.3 Å². The van der Waals surface area contributed by atoms with Gasteiger partial charge in [-0.3, -0.25) is 4.79 Å². The predicted molar refractivity (Wildman–Crippen MR) is 90.1 cm³/mol. The van der Waals surface area contributed by atoms with Crippen molar-refractivity contribution in [1.82, 2.24) is 9.62 Å². The lowest BCUT2D eigenvalue weighted by Gasteiger charge is -2.23. The highest BCUT2D eigenvalue weighted by Gasteiger charge is 2.27. The summed E-state index contributed by atoms with van der Waals surface area (Å²) in [4.78, 5) is 13.7. The van der Waals surface area contributed by atoms with Crippen molar-refractivity contribution in [2.75, 3.05) is 19.6 Å². The Hall–Kier alpha value is -0.860. The second-order valence-electron chi connectivity index (χ2n) is 5.32. The van der Waals surface area contributed by atoms with Gasteiger partial charge in [0.1, 0.15) is 4.90 Å². The molecule has 1 aliphatic heterocycles. The van der Waals surface area contributed by atoms with Gasteiger partial charge in [0, 0.05) is 32.1 Å². The zero-order chi connectivity index (χ0) is 17.0. The lowest BCUT2D eigenvalue weighted by molar-refractivity contribution is -0.131. The summed E-state index contributed by atoms with van der Waals surface area (Å²) in [6.45, 7) is 1.08. The standard InChI is InChI=1S/C14H19Cl2N3O3S/c15-11-4-1-5-12(16)14(11)23(21,22)18-7-6-13(20)19-8-2-3-10(19)9-17/h1,4-5,10,18H,2-3,6-9,17H2. The van der Waals surface area contributed by atoms with E-state index in [9.17, 15) is 13.2 Å². The number of amides is 1. The van der Waals surface area contributed by atoms with E-state index in [1.165, 1.54) is 12.1 Å². The maximum absolute atomic E-state index is 12.3. The first-order valence-electron chi connectivity index (χ1n) is 7.30. The van der Waals surface area contributed by atoms with E-state index in [1.54, 1.807) is 11.0 Å². The highest BCUT2D eigenvalue weighted by molar-refractivity contribution is 7.89. The van der Waals surface area contributed by atoms with Crippen LogP contribution in [0.25, 0.3) is 0 Å². The van der Waals surface area contributed by atoms with E-state index in [-0.39, 0.29) is 39.9 Å². The van der Waals surface area contributed by atoms with E-state index in [4.69, 9.17) is 28.9 Å². The topological polar surface area (TPSA) is 92.5 Å². The number of hydrogen-bond donors (Lipinski definition) is 2. The number of nitrogens with two attached hydrogens (primary N) is 1. The number of halogens is 2. The van der Waals surface area contributed by atoms with Crippen molar-refractivity contribution in [2.45, 2.75) is 30.2 Å². The summed E-state index contributed by atoms with van der Waals surface area (Å²) in [6, 6.07) is 4.51. The minimum Gasteiger partial charge on any atom is -0.338 e. The molecule has 1 heterocycles. The molecule has 1 unspecified atom stereocenters. The predicted octanol–water partition coefficient (Wildman–Crippen LogP) is 1.61. The Morgan fingerprint density at radius 2 is 2.00 bits per heavy atom. The molecular formula is C14H19Cl2N3O3S. The van der Waals surface area contributed by atoms with E-state index < -0.39 is 10.0 Å². The summed E-state index contributed by atoms with van der Waals surface area (Å²) < 4.78 is 26.9. The average molecular weight is 380 g/mol. The van der Waals surface area contributed by atoms with E-state index in [0.29, 0.717) is 13.1 Å². The Kier molecular flexibility index (Phi) is 6.27. The van der Waals surface area contributed by atoms with Crippen LogP contribution in [0, 0.1) is 0 Å². The third kappa shape index (κ3) is 4.36. The first-order valence-corrected chi connectivity index (χ1v) is 9.54. The average Bonchev–Trinajstić information content (AvgIpc) is 2.95. The summed E-state index contributed by atoms with van der Waals surface area (Å²) in [5, 5.41) is 0.0816. The molecule has 1 atom stereocenters. The fourth-order valence-electron chi connectivity index (χ4n) is 2.66. The Bertz CT molecular complexity index is 662. The summed E-state index contributed by atoms with van der Waals surface area (Å²) in [7, 11) is -3.87. The summed E-state index contributed by atoms with van der Waals surface area (Å²) >= 11 is 11.8. The van der Waals surface area contributed by atoms with Crippen LogP contribution in [0.5, 0.6) is 0 Å². The Balaban J connectivity index is 1.96. The molecule has 1 saturated heterocycles. The van der Waals surface area contributed by atoms with Crippen molar-refractivity contribution in [3.8, 4) is 0 Å². The van der Waals surface area contributed by atoms with Crippen molar-refractivity contribution < 1.29 is 13.2 Å².